The number of pyridine rings is 1. The number of fused-ring (bicyclic) bond motifs is 1. The molecule has 1 atom stereocenters. The number of hydrogen-bond acceptors (Lipinski definition) is 4. The molecule has 0 saturated heterocycles. The highest BCUT2D eigenvalue weighted by molar-refractivity contribution is 5.85. The summed E-state index contributed by atoms with van der Waals surface area (Å²) < 4.78 is 0. The molecule has 0 aliphatic heterocycles. The fourth-order valence-corrected chi connectivity index (χ4v) is 2.25. The van der Waals surface area contributed by atoms with Gasteiger partial charge in [-0.25, -0.2) is 4.98 Å². The molecule has 2 aromatic rings. The molecule has 118 valence electrons. The van der Waals surface area contributed by atoms with Crippen LogP contribution in [0.2, 0.25) is 0 Å². The molecule has 0 aliphatic rings. The van der Waals surface area contributed by atoms with E-state index in [2.05, 4.69) is 10.3 Å². The van der Waals surface area contributed by atoms with Gasteiger partial charge in [0.05, 0.1) is 5.52 Å². The van der Waals surface area contributed by atoms with Gasteiger partial charge in [0.1, 0.15) is 5.82 Å². The van der Waals surface area contributed by atoms with Crippen molar-refractivity contribution in [3.8, 4) is 0 Å². The van der Waals surface area contributed by atoms with Gasteiger partial charge in [-0.1, -0.05) is 18.2 Å². The van der Waals surface area contributed by atoms with Crippen molar-refractivity contribution in [2.45, 2.75) is 32.4 Å². The molecule has 0 bridgehead atoms. The number of nitrogens with two attached hydrogens (primary N) is 1. The quantitative estimate of drug-likeness (QED) is 0.856. The van der Waals surface area contributed by atoms with E-state index in [-0.39, 0.29) is 11.9 Å². The van der Waals surface area contributed by atoms with Crippen LogP contribution in [0.4, 0.5) is 5.82 Å². The molecule has 0 fully saturated rings. The van der Waals surface area contributed by atoms with Crippen LogP contribution in [0.25, 0.3) is 10.9 Å². The second-order valence-corrected chi connectivity index (χ2v) is 5.84. The van der Waals surface area contributed by atoms with Crippen LogP contribution in [0, 0.1) is 0 Å². The smallest absolute Gasteiger partial charge is 0.220 e. The third-order valence-electron chi connectivity index (χ3n) is 3.55. The molecule has 1 aromatic heterocycles. The van der Waals surface area contributed by atoms with Crippen LogP contribution in [0.5, 0.6) is 0 Å². The van der Waals surface area contributed by atoms with Crippen molar-refractivity contribution in [3.63, 3.8) is 0 Å². The average molecular weight is 300 g/mol. The van der Waals surface area contributed by atoms with Gasteiger partial charge in [0, 0.05) is 38.5 Å². The van der Waals surface area contributed by atoms with Crippen LogP contribution in [-0.4, -0.2) is 31.0 Å². The van der Waals surface area contributed by atoms with Crippen LogP contribution in [-0.2, 0) is 11.3 Å². The summed E-state index contributed by atoms with van der Waals surface area (Å²) >= 11 is 0. The lowest BCUT2D eigenvalue weighted by Crippen LogP contribution is -2.25. The Balaban J connectivity index is 2.17. The minimum Gasteiger partial charge on any atom is -0.363 e. The van der Waals surface area contributed by atoms with Crippen LogP contribution < -0.4 is 16.0 Å². The maximum absolute atomic E-state index is 11.9. The van der Waals surface area contributed by atoms with Crippen molar-refractivity contribution < 1.29 is 4.79 Å². The van der Waals surface area contributed by atoms with Crippen molar-refractivity contribution in [2.75, 3.05) is 19.0 Å². The van der Waals surface area contributed by atoms with E-state index in [1.54, 1.807) is 0 Å². The molecule has 2 rings (SSSR count). The summed E-state index contributed by atoms with van der Waals surface area (Å²) in [6.45, 7) is 2.41. The fourth-order valence-electron chi connectivity index (χ4n) is 2.25. The molecule has 1 heterocycles. The van der Waals surface area contributed by atoms with Crippen LogP contribution in [0.3, 0.4) is 0 Å². The van der Waals surface area contributed by atoms with E-state index < -0.39 is 0 Å². The average Bonchev–Trinajstić information content (AvgIpc) is 2.50. The van der Waals surface area contributed by atoms with Gasteiger partial charge in [0.15, 0.2) is 0 Å². The number of nitrogens with one attached hydrogen (secondary N) is 1. The minimum atomic E-state index is 0.0320. The summed E-state index contributed by atoms with van der Waals surface area (Å²) in [5.41, 5.74) is 7.69. The van der Waals surface area contributed by atoms with E-state index >= 15 is 0 Å². The Kier molecular flexibility index (Phi) is 5.33. The number of anilines is 1. The first-order chi connectivity index (χ1) is 10.5. The molecular formula is C17H24N4O. The summed E-state index contributed by atoms with van der Waals surface area (Å²) in [5.74, 6) is 0.920. The topological polar surface area (TPSA) is 71.2 Å². The lowest BCUT2D eigenvalue weighted by molar-refractivity contribution is -0.121. The Bertz CT molecular complexity index is 652. The molecule has 1 unspecified atom stereocenters. The molecule has 22 heavy (non-hydrogen) atoms. The van der Waals surface area contributed by atoms with Crippen LogP contribution in [0.1, 0.15) is 25.3 Å². The highest BCUT2D eigenvalue weighted by Gasteiger charge is 2.09. The van der Waals surface area contributed by atoms with E-state index in [9.17, 15) is 4.79 Å². The van der Waals surface area contributed by atoms with E-state index in [1.807, 2.05) is 56.3 Å². The van der Waals surface area contributed by atoms with Crippen LogP contribution in [0.15, 0.2) is 30.3 Å². The molecule has 0 spiro atoms. The SMILES string of the molecule is CC(N)CCC(=O)NCc1cc(N(C)C)nc2ccccc12. The van der Waals surface area contributed by atoms with Gasteiger partial charge in [-0.3, -0.25) is 4.79 Å². The molecule has 1 amide bonds. The molecule has 0 saturated carbocycles. The zero-order valence-corrected chi connectivity index (χ0v) is 13.5. The predicted molar refractivity (Wildman–Crippen MR) is 90.8 cm³/mol. The first-order valence-corrected chi connectivity index (χ1v) is 7.55. The maximum atomic E-state index is 11.9. The molecule has 5 heteroatoms. The van der Waals surface area contributed by atoms with Gasteiger partial charge in [-0.15, -0.1) is 0 Å². The van der Waals surface area contributed by atoms with Crippen molar-refractivity contribution in [2.24, 2.45) is 5.73 Å². The number of benzene rings is 1. The van der Waals surface area contributed by atoms with Gasteiger partial charge < -0.3 is 16.0 Å². The second-order valence-electron chi connectivity index (χ2n) is 5.84. The highest BCUT2D eigenvalue weighted by atomic mass is 16.1. The van der Waals surface area contributed by atoms with E-state index in [0.29, 0.717) is 19.4 Å². The first kappa shape index (κ1) is 16.2. The predicted octanol–water partition coefficient (Wildman–Crippen LogP) is 2.04. The third kappa shape index (κ3) is 4.18. The highest BCUT2D eigenvalue weighted by Crippen LogP contribution is 2.22. The minimum absolute atomic E-state index is 0.0320. The maximum Gasteiger partial charge on any atom is 0.220 e. The number of carbonyl (C=O) groups is 1. The molecule has 1 aromatic carbocycles. The van der Waals surface area contributed by atoms with Gasteiger partial charge >= 0.3 is 0 Å². The molecular weight excluding hydrogens is 276 g/mol. The normalized spacial score (nSPS) is 12.2. The number of rotatable bonds is 6. The van der Waals surface area contributed by atoms with Crippen molar-refractivity contribution >= 4 is 22.6 Å². The Hall–Kier alpha value is -2.14. The number of amides is 1. The zero-order chi connectivity index (χ0) is 16.1. The molecule has 0 aliphatic carbocycles. The first-order valence-electron chi connectivity index (χ1n) is 7.55. The monoisotopic (exact) mass is 300 g/mol. The lowest BCUT2D eigenvalue weighted by Gasteiger charge is -2.15. The standard InChI is InChI=1S/C17H24N4O/c1-12(18)8-9-17(22)19-11-13-10-16(21(2)3)20-15-7-5-4-6-14(13)15/h4-7,10,12H,8-9,11,18H2,1-3H3,(H,19,22). The van der Waals surface area contributed by atoms with Crippen LogP contribution >= 0.6 is 0 Å². The van der Waals surface area contributed by atoms with Crippen molar-refractivity contribution in [1.82, 2.24) is 10.3 Å². The zero-order valence-electron chi connectivity index (χ0n) is 13.5. The van der Waals surface area contributed by atoms with Gasteiger partial charge in [-0.05, 0) is 31.0 Å². The number of aromatic nitrogens is 1. The van der Waals surface area contributed by atoms with Gasteiger partial charge in [0.25, 0.3) is 0 Å². The van der Waals surface area contributed by atoms with Crippen molar-refractivity contribution in [3.05, 3.63) is 35.9 Å². The van der Waals surface area contributed by atoms with Gasteiger partial charge in [0.2, 0.25) is 5.91 Å². The number of nitrogens with zero attached hydrogens (tertiary/aromatic N) is 2. The third-order valence-corrected chi connectivity index (χ3v) is 3.55. The Morgan fingerprint density at radius 3 is 2.77 bits per heavy atom. The number of para-hydroxylation sites is 1. The van der Waals surface area contributed by atoms with E-state index in [0.717, 1.165) is 22.3 Å². The molecule has 3 N–H and O–H groups in total. The van der Waals surface area contributed by atoms with Crippen molar-refractivity contribution in [1.29, 1.82) is 0 Å². The summed E-state index contributed by atoms with van der Waals surface area (Å²) in [6, 6.07) is 10.1. The summed E-state index contributed by atoms with van der Waals surface area (Å²) in [5, 5.41) is 4.04. The Morgan fingerprint density at radius 1 is 1.36 bits per heavy atom. The Labute approximate surface area is 131 Å². The molecule has 5 nitrogen and oxygen atoms in total. The lowest BCUT2D eigenvalue weighted by atomic mass is 10.1. The second kappa shape index (κ2) is 7.22. The Morgan fingerprint density at radius 2 is 2.09 bits per heavy atom. The summed E-state index contributed by atoms with van der Waals surface area (Å²) in [7, 11) is 3.92. The van der Waals surface area contributed by atoms with Gasteiger partial charge in [-0.2, -0.15) is 0 Å². The van der Waals surface area contributed by atoms with E-state index in [1.165, 1.54) is 0 Å². The number of hydrogen-bond donors (Lipinski definition) is 2. The summed E-state index contributed by atoms with van der Waals surface area (Å²) in [6.07, 6.45) is 1.16. The number of carbonyl (C=O) groups excluding carboxylic acids is 1. The van der Waals surface area contributed by atoms with E-state index in [4.69, 9.17) is 5.73 Å². The summed E-state index contributed by atoms with van der Waals surface area (Å²) in [4.78, 5) is 18.5. The molecule has 0 radical (unpaired) electrons. The largest absolute Gasteiger partial charge is 0.363 e. The fraction of sp³-hybridized carbons (Fsp3) is 0.412.